The molecule has 1 saturated heterocycles. The number of nitrogens with two attached hydrogens (primary N) is 1. The van der Waals surface area contributed by atoms with Crippen LogP contribution in [0.4, 0.5) is 5.69 Å². The van der Waals surface area contributed by atoms with Gasteiger partial charge in [0.1, 0.15) is 6.04 Å². The Morgan fingerprint density at radius 3 is 2.70 bits per heavy atom. The van der Waals surface area contributed by atoms with Crippen LogP contribution in [0, 0.1) is 3.57 Å². The van der Waals surface area contributed by atoms with Crippen molar-refractivity contribution in [3.05, 3.63) is 27.8 Å². The molecule has 0 aromatic heterocycles. The highest BCUT2D eigenvalue weighted by atomic mass is 127. The molecular weight excluding hydrogens is 431 g/mol. The minimum atomic E-state index is -0.796. The lowest BCUT2D eigenvalue weighted by Crippen LogP contribution is -2.36. The molecule has 1 aromatic rings. The summed E-state index contributed by atoms with van der Waals surface area (Å²) in [5.74, 6) is -0.759. The Kier molecular flexibility index (Phi) is 6.42. The molecule has 6 nitrogen and oxygen atoms in total. The average molecular weight is 448 g/mol. The third-order valence-corrected chi connectivity index (χ3v) is 5.30. The average Bonchev–Trinajstić information content (AvgIpc) is 2.80. The Bertz CT molecular complexity index is 608. The van der Waals surface area contributed by atoms with Crippen molar-refractivity contribution >= 4 is 57.8 Å². The van der Waals surface area contributed by atoms with E-state index >= 15 is 0 Å². The predicted molar refractivity (Wildman–Crippen MR) is 97.1 cm³/mol. The summed E-state index contributed by atoms with van der Waals surface area (Å²) in [5, 5.41) is -0.512. The monoisotopic (exact) mass is 448 g/mol. The molecule has 2 atom stereocenters. The van der Waals surface area contributed by atoms with Crippen LogP contribution in [0.3, 0.4) is 0 Å². The summed E-state index contributed by atoms with van der Waals surface area (Å²) in [6, 6.07) is 6.38. The summed E-state index contributed by atoms with van der Waals surface area (Å²) < 4.78 is 5.85. The predicted octanol–water partition coefficient (Wildman–Crippen LogP) is 1.55. The molecule has 8 heteroatoms. The number of thioether (sulfide) groups is 1. The number of carbonyl (C=O) groups is 3. The molecule has 1 aromatic carbocycles. The molecule has 1 fully saturated rings. The first-order chi connectivity index (χ1) is 10.9. The quantitative estimate of drug-likeness (QED) is 0.404. The van der Waals surface area contributed by atoms with Gasteiger partial charge in [0.2, 0.25) is 11.8 Å². The second-order valence-electron chi connectivity index (χ2n) is 4.93. The van der Waals surface area contributed by atoms with E-state index in [1.54, 1.807) is 19.1 Å². The fourth-order valence-electron chi connectivity index (χ4n) is 2.13. The first kappa shape index (κ1) is 18.2. The van der Waals surface area contributed by atoms with Crippen molar-refractivity contribution in [2.45, 2.75) is 24.6 Å². The van der Waals surface area contributed by atoms with E-state index < -0.39 is 17.3 Å². The number of esters is 1. The maximum absolute atomic E-state index is 12.4. The van der Waals surface area contributed by atoms with E-state index in [4.69, 9.17) is 10.5 Å². The number of hydrogen-bond donors (Lipinski definition) is 1. The zero-order valence-electron chi connectivity index (χ0n) is 12.5. The fourth-order valence-corrected chi connectivity index (χ4v) is 3.58. The van der Waals surface area contributed by atoms with Crippen LogP contribution in [0.1, 0.15) is 13.3 Å². The molecule has 23 heavy (non-hydrogen) atoms. The number of nitrogens with zero attached hydrogens (tertiary/aromatic N) is 1. The van der Waals surface area contributed by atoms with E-state index in [0.717, 1.165) is 3.57 Å². The smallest absolute Gasteiger partial charge is 0.323 e. The molecule has 1 aliphatic rings. The number of hydrogen-bond acceptors (Lipinski definition) is 6. The summed E-state index contributed by atoms with van der Waals surface area (Å²) in [4.78, 5) is 37.2. The summed E-state index contributed by atoms with van der Waals surface area (Å²) in [6.45, 7) is 1.97. The third-order valence-electron chi connectivity index (χ3n) is 3.26. The van der Waals surface area contributed by atoms with Gasteiger partial charge in [-0.2, -0.15) is 0 Å². The molecule has 1 heterocycles. The topological polar surface area (TPSA) is 89.7 Å². The fraction of sp³-hybridized carbons (Fsp3) is 0.400. The van der Waals surface area contributed by atoms with Gasteiger partial charge in [-0.3, -0.25) is 14.4 Å². The first-order valence-corrected chi connectivity index (χ1v) is 9.23. The lowest BCUT2D eigenvalue weighted by atomic mass is 10.3. The number of carbonyl (C=O) groups excluding carboxylic acids is 3. The summed E-state index contributed by atoms with van der Waals surface area (Å²) >= 11 is 3.38. The lowest BCUT2D eigenvalue weighted by Gasteiger charge is -2.16. The Labute approximate surface area is 152 Å². The zero-order chi connectivity index (χ0) is 17.0. The van der Waals surface area contributed by atoms with Crippen LogP contribution in [0.25, 0.3) is 0 Å². The van der Waals surface area contributed by atoms with Gasteiger partial charge in [-0.25, -0.2) is 4.90 Å². The van der Waals surface area contributed by atoms with Gasteiger partial charge in [0.25, 0.3) is 0 Å². The molecule has 0 bridgehead atoms. The molecule has 124 valence electrons. The third kappa shape index (κ3) is 4.45. The highest BCUT2D eigenvalue weighted by Gasteiger charge is 2.40. The first-order valence-electron chi connectivity index (χ1n) is 7.10. The summed E-state index contributed by atoms with van der Waals surface area (Å²) in [7, 11) is 0. The molecule has 1 aliphatic heterocycles. The standard InChI is InChI=1S/C15H17IN2O4S/c1-2-22-15(21)11(17)8-23-12-7-13(19)18(14(12)20)10-5-3-9(16)4-6-10/h3-6,11-12H,2,7-8,17H2,1H3/t11-,12+/m1/s1. The number of rotatable bonds is 6. The Hall–Kier alpha value is -1.13. The van der Waals surface area contributed by atoms with E-state index in [0.29, 0.717) is 5.69 Å². The Balaban J connectivity index is 1.98. The summed E-state index contributed by atoms with van der Waals surface area (Å²) in [6.07, 6.45) is 0.116. The van der Waals surface area contributed by atoms with Crippen LogP contribution in [-0.2, 0) is 19.1 Å². The van der Waals surface area contributed by atoms with E-state index in [1.807, 2.05) is 12.1 Å². The lowest BCUT2D eigenvalue weighted by molar-refractivity contribution is -0.144. The molecule has 2 amide bonds. The number of amides is 2. The van der Waals surface area contributed by atoms with Gasteiger partial charge >= 0.3 is 5.97 Å². The van der Waals surface area contributed by atoms with Gasteiger partial charge < -0.3 is 10.5 Å². The number of anilines is 1. The highest BCUT2D eigenvalue weighted by molar-refractivity contribution is 14.1. The van der Waals surface area contributed by atoms with Crippen molar-refractivity contribution < 1.29 is 19.1 Å². The van der Waals surface area contributed by atoms with Crippen LogP contribution in [-0.4, -0.2) is 41.4 Å². The zero-order valence-corrected chi connectivity index (χ0v) is 15.5. The molecule has 0 unspecified atom stereocenters. The molecule has 0 radical (unpaired) electrons. The second kappa shape index (κ2) is 8.11. The molecule has 2 N–H and O–H groups in total. The molecule has 0 saturated carbocycles. The number of halogens is 1. The van der Waals surface area contributed by atoms with E-state index in [2.05, 4.69) is 22.6 Å². The maximum atomic E-state index is 12.4. The van der Waals surface area contributed by atoms with Crippen molar-refractivity contribution in [2.24, 2.45) is 5.73 Å². The van der Waals surface area contributed by atoms with Crippen molar-refractivity contribution in [3.63, 3.8) is 0 Å². The molecule has 0 aliphatic carbocycles. The van der Waals surface area contributed by atoms with Crippen LogP contribution < -0.4 is 10.6 Å². The van der Waals surface area contributed by atoms with Gasteiger partial charge in [0, 0.05) is 15.7 Å². The van der Waals surface area contributed by atoms with Gasteiger partial charge in [0.05, 0.1) is 17.5 Å². The molecular formula is C15H17IN2O4S. The normalized spacial score (nSPS) is 19.1. The van der Waals surface area contributed by atoms with Crippen LogP contribution in [0.5, 0.6) is 0 Å². The van der Waals surface area contributed by atoms with E-state index in [9.17, 15) is 14.4 Å². The van der Waals surface area contributed by atoms with Gasteiger partial charge in [-0.05, 0) is 53.8 Å². The molecule has 0 spiro atoms. The number of ether oxygens (including phenoxy) is 1. The van der Waals surface area contributed by atoms with Gasteiger partial charge in [-0.15, -0.1) is 11.8 Å². The second-order valence-corrected chi connectivity index (χ2v) is 7.41. The summed E-state index contributed by atoms with van der Waals surface area (Å²) in [5.41, 5.74) is 6.29. The minimum Gasteiger partial charge on any atom is -0.465 e. The van der Waals surface area contributed by atoms with Crippen LogP contribution >= 0.6 is 34.4 Å². The van der Waals surface area contributed by atoms with Crippen molar-refractivity contribution in [1.29, 1.82) is 0 Å². The maximum Gasteiger partial charge on any atom is 0.323 e. The van der Waals surface area contributed by atoms with Crippen molar-refractivity contribution in [2.75, 3.05) is 17.3 Å². The SMILES string of the molecule is CCOC(=O)[C@H](N)CS[C@H]1CC(=O)N(c2ccc(I)cc2)C1=O. The molecule has 2 rings (SSSR count). The van der Waals surface area contributed by atoms with E-state index in [1.165, 1.54) is 16.7 Å². The Morgan fingerprint density at radius 1 is 1.43 bits per heavy atom. The van der Waals surface area contributed by atoms with Crippen LogP contribution in [0.2, 0.25) is 0 Å². The van der Waals surface area contributed by atoms with Gasteiger partial charge in [-0.1, -0.05) is 0 Å². The number of imide groups is 1. The number of benzene rings is 1. The minimum absolute atomic E-state index is 0.116. The largest absolute Gasteiger partial charge is 0.465 e. The highest BCUT2D eigenvalue weighted by Crippen LogP contribution is 2.30. The van der Waals surface area contributed by atoms with Crippen molar-refractivity contribution in [1.82, 2.24) is 0 Å². The van der Waals surface area contributed by atoms with Crippen LogP contribution in [0.15, 0.2) is 24.3 Å². The van der Waals surface area contributed by atoms with Crippen molar-refractivity contribution in [3.8, 4) is 0 Å². The van der Waals surface area contributed by atoms with E-state index in [-0.39, 0.29) is 30.6 Å². The van der Waals surface area contributed by atoms with Gasteiger partial charge in [0.15, 0.2) is 0 Å². The Morgan fingerprint density at radius 2 is 2.09 bits per heavy atom.